The van der Waals surface area contributed by atoms with Gasteiger partial charge >= 0.3 is 12.0 Å². The lowest BCUT2D eigenvalue weighted by molar-refractivity contribution is -0.136. The first-order chi connectivity index (χ1) is 29.2. The summed E-state index contributed by atoms with van der Waals surface area (Å²) < 4.78 is 25.4. The summed E-state index contributed by atoms with van der Waals surface area (Å²) in [7, 11) is 1.30. The predicted octanol–water partition coefficient (Wildman–Crippen LogP) is 6.51. The number of carbonyl (C=O) groups excluding carboxylic acids is 3. The molecule has 2 atom stereocenters. The molecule has 2 saturated heterocycles. The van der Waals surface area contributed by atoms with Crippen LogP contribution in [-0.4, -0.2) is 108 Å². The molecule has 8 rings (SSSR count). The van der Waals surface area contributed by atoms with E-state index in [-0.39, 0.29) is 41.7 Å². The molecule has 60 heavy (non-hydrogen) atoms. The molecule has 0 bridgehead atoms. The minimum absolute atomic E-state index is 0.0921. The largest absolute Gasteiger partial charge is 0.466 e. The second-order valence-corrected chi connectivity index (χ2v) is 15.7. The van der Waals surface area contributed by atoms with Gasteiger partial charge < -0.3 is 29.7 Å². The van der Waals surface area contributed by atoms with Crippen molar-refractivity contribution in [1.29, 1.82) is 0 Å². The Kier molecular flexibility index (Phi) is 12.2. The zero-order valence-corrected chi connectivity index (χ0v) is 34.1. The molecule has 4 heterocycles. The van der Waals surface area contributed by atoms with Gasteiger partial charge in [-0.2, -0.15) is 0 Å². The highest BCUT2D eigenvalue weighted by atomic mass is 35.5. The van der Waals surface area contributed by atoms with Crippen LogP contribution in [0.3, 0.4) is 0 Å². The summed E-state index contributed by atoms with van der Waals surface area (Å²) in [6.07, 6.45) is 1.66. The fraction of sp³-hybridized carbons (Fsp3) is 0.250. The number of anilines is 1. The normalized spacial score (nSPS) is 17.9. The number of piperazine rings is 1. The van der Waals surface area contributed by atoms with Gasteiger partial charge in [-0.3, -0.25) is 19.6 Å². The Bertz CT molecular complexity index is 2420. The zero-order chi connectivity index (χ0) is 41.8. The third-order valence-corrected chi connectivity index (χ3v) is 11.7. The Morgan fingerprint density at radius 1 is 1.00 bits per heavy atom. The van der Waals surface area contributed by atoms with Crippen molar-refractivity contribution in [3.8, 4) is 11.5 Å². The SMILES string of the molecule is COC(=O)C1=C(CN2CCN3C(=O)N(c4ccc(Oc5ccc(C(=O)N(CCO)Cc6ccccc6)cc5)cc4)C[C@@H]3C2)NC(c2nccs2)=NC1c1ccc(F)cc1Cl. The third-order valence-electron chi connectivity index (χ3n) is 10.6. The molecule has 2 fully saturated rings. The van der Waals surface area contributed by atoms with E-state index >= 15 is 0 Å². The molecule has 0 radical (unpaired) electrons. The van der Waals surface area contributed by atoms with Crippen LogP contribution < -0.4 is 15.0 Å². The van der Waals surface area contributed by atoms with Crippen molar-refractivity contribution in [2.45, 2.75) is 18.6 Å². The quantitative estimate of drug-likeness (QED) is 0.127. The Morgan fingerprint density at radius 2 is 1.75 bits per heavy atom. The molecule has 0 spiro atoms. The van der Waals surface area contributed by atoms with Crippen molar-refractivity contribution in [1.82, 2.24) is 25.0 Å². The number of methoxy groups -OCH3 is 1. The molecule has 3 amide bonds. The summed E-state index contributed by atoms with van der Waals surface area (Å²) in [4.78, 5) is 57.1. The highest BCUT2D eigenvalue weighted by molar-refractivity contribution is 7.11. The van der Waals surface area contributed by atoms with Gasteiger partial charge in [0, 0.05) is 84.9 Å². The highest BCUT2D eigenvalue weighted by Gasteiger charge is 2.42. The van der Waals surface area contributed by atoms with Crippen LogP contribution in [0.5, 0.6) is 11.5 Å². The molecule has 4 aromatic carbocycles. The van der Waals surface area contributed by atoms with E-state index in [9.17, 15) is 23.9 Å². The van der Waals surface area contributed by atoms with E-state index in [1.54, 1.807) is 52.4 Å². The molecule has 0 aliphatic carbocycles. The first-order valence-corrected chi connectivity index (χ1v) is 20.6. The van der Waals surface area contributed by atoms with Gasteiger partial charge in [-0.15, -0.1) is 11.3 Å². The number of ether oxygens (including phenoxy) is 2. The lowest BCUT2D eigenvalue weighted by Gasteiger charge is -2.38. The summed E-state index contributed by atoms with van der Waals surface area (Å²) in [5.41, 5.74) is 3.45. The lowest BCUT2D eigenvalue weighted by atomic mass is 9.95. The zero-order valence-electron chi connectivity index (χ0n) is 32.5. The van der Waals surface area contributed by atoms with E-state index in [1.807, 2.05) is 52.7 Å². The smallest absolute Gasteiger partial charge is 0.338 e. The maximum atomic E-state index is 14.1. The van der Waals surface area contributed by atoms with Crippen LogP contribution in [0.2, 0.25) is 5.02 Å². The van der Waals surface area contributed by atoms with Crippen molar-refractivity contribution in [2.24, 2.45) is 4.99 Å². The minimum atomic E-state index is -0.875. The number of nitrogens with zero attached hydrogens (tertiary/aromatic N) is 6. The topological polar surface area (TPSA) is 140 Å². The minimum Gasteiger partial charge on any atom is -0.466 e. The molecule has 5 aromatic rings. The Morgan fingerprint density at radius 3 is 2.43 bits per heavy atom. The van der Waals surface area contributed by atoms with Crippen LogP contribution in [-0.2, 0) is 16.1 Å². The number of amidine groups is 1. The number of rotatable bonds is 13. The summed E-state index contributed by atoms with van der Waals surface area (Å²) in [5.74, 6) is 0.273. The molecule has 16 heteroatoms. The van der Waals surface area contributed by atoms with Crippen LogP contribution in [0.1, 0.15) is 32.5 Å². The number of aliphatic hydroxyl groups excluding tert-OH is 1. The average molecular weight is 850 g/mol. The van der Waals surface area contributed by atoms with Crippen molar-refractivity contribution in [2.75, 3.05) is 57.9 Å². The predicted molar refractivity (Wildman–Crippen MR) is 226 cm³/mol. The van der Waals surface area contributed by atoms with E-state index in [0.29, 0.717) is 78.4 Å². The van der Waals surface area contributed by atoms with Gasteiger partial charge in [0.2, 0.25) is 0 Å². The Balaban J connectivity index is 0.930. The van der Waals surface area contributed by atoms with E-state index in [1.165, 1.54) is 36.6 Å². The Labute approximate surface area is 354 Å². The molecule has 1 aromatic heterocycles. The first kappa shape index (κ1) is 40.6. The standard InChI is InChI=1S/C44H41ClFN7O6S/c1-58-43(56)38-37(48-40(41-47-17-22-60-41)49-39(38)35-16-9-30(46)23-36(35)45)27-50-18-19-52-32(25-50)26-53(44(52)57)31-10-14-34(15-11-31)59-33-12-7-29(8-13-33)42(55)51(20-21-54)24-28-5-3-2-4-6-28/h2-17,22-23,32,39,54H,18-21,24-27H2,1H3,(H,48,49)/t32-,39?/m0/s1. The second-order valence-electron chi connectivity index (χ2n) is 14.4. The van der Waals surface area contributed by atoms with Crippen molar-refractivity contribution >= 4 is 52.4 Å². The van der Waals surface area contributed by atoms with E-state index in [0.717, 1.165) is 11.3 Å². The molecular formula is C44H41ClFN7O6S. The van der Waals surface area contributed by atoms with Gasteiger partial charge in [-0.25, -0.2) is 19.0 Å². The molecule has 3 aliphatic rings. The molecule has 2 N–H and O–H groups in total. The number of amides is 3. The number of halogens is 2. The molecule has 13 nitrogen and oxygen atoms in total. The summed E-state index contributed by atoms with van der Waals surface area (Å²) in [6, 6.07) is 26.7. The fourth-order valence-electron chi connectivity index (χ4n) is 7.68. The highest BCUT2D eigenvalue weighted by Crippen LogP contribution is 2.37. The molecule has 1 unspecified atom stereocenters. The number of esters is 1. The molecule has 3 aliphatic heterocycles. The molecule has 308 valence electrons. The van der Waals surface area contributed by atoms with Gasteiger partial charge in [0.25, 0.3) is 5.91 Å². The van der Waals surface area contributed by atoms with Gasteiger partial charge in [0.15, 0.2) is 10.8 Å². The Hall–Kier alpha value is -6.13. The van der Waals surface area contributed by atoms with Crippen molar-refractivity contribution < 1.29 is 33.4 Å². The van der Waals surface area contributed by atoms with Gasteiger partial charge in [0.1, 0.15) is 23.4 Å². The molecule has 0 saturated carbocycles. The number of hydrogen-bond donors (Lipinski definition) is 2. The summed E-state index contributed by atoms with van der Waals surface area (Å²) in [5, 5.41) is 15.5. The average Bonchev–Trinajstić information content (AvgIpc) is 3.92. The van der Waals surface area contributed by atoms with Crippen molar-refractivity contribution in [3.05, 3.63) is 152 Å². The molecular weight excluding hydrogens is 809 g/mol. The number of aromatic nitrogens is 1. The van der Waals surface area contributed by atoms with Crippen LogP contribution in [0.15, 0.2) is 125 Å². The van der Waals surface area contributed by atoms with Gasteiger partial charge in [0.05, 0.1) is 25.3 Å². The van der Waals surface area contributed by atoms with E-state index in [4.69, 9.17) is 26.1 Å². The number of urea groups is 1. The maximum absolute atomic E-state index is 14.1. The number of benzene rings is 4. The van der Waals surface area contributed by atoms with Crippen molar-refractivity contribution in [3.63, 3.8) is 0 Å². The number of aliphatic imine (C=N–C) groups is 1. The van der Waals surface area contributed by atoms with Crippen LogP contribution in [0.4, 0.5) is 14.9 Å². The summed E-state index contributed by atoms with van der Waals surface area (Å²) in [6.45, 7) is 2.79. The first-order valence-electron chi connectivity index (χ1n) is 19.3. The van der Waals surface area contributed by atoms with E-state index < -0.39 is 17.8 Å². The monoisotopic (exact) mass is 849 g/mol. The van der Waals surface area contributed by atoms with E-state index in [2.05, 4.69) is 15.2 Å². The number of carbonyl (C=O) groups is 3. The maximum Gasteiger partial charge on any atom is 0.338 e. The van der Waals surface area contributed by atoms with Crippen LogP contribution in [0.25, 0.3) is 0 Å². The third kappa shape index (κ3) is 8.75. The van der Waals surface area contributed by atoms with Gasteiger partial charge in [-0.05, 0) is 66.2 Å². The number of nitrogens with one attached hydrogen (secondary N) is 1. The number of hydrogen-bond acceptors (Lipinski definition) is 11. The fourth-order valence-corrected chi connectivity index (χ4v) is 8.54. The number of thiazole rings is 1. The number of fused-ring (bicyclic) bond motifs is 1. The van der Waals surface area contributed by atoms with Crippen LogP contribution in [0, 0.1) is 5.82 Å². The number of aliphatic hydroxyl groups is 1. The second kappa shape index (κ2) is 18.0. The summed E-state index contributed by atoms with van der Waals surface area (Å²) >= 11 is 7.91. The lowest BCUT2D eigenvalue weighted by Crippen LogP contribution is -2.53. The van der Waals surface area contributed by atoms with Crippen LogP contribution >= 0.6 is 22.9 Å². The van der Waals surface area contributed by atoms with Gasteiger partial charge in [-0.1, -0.05) is 48.0 Å².